The topological polar surface area (TPSA) is 76.0 Å². The third kappa shape index (κ3) is 8.74. The van der Waals surface area contributed by atoms with E-state index in [0.29, 0.717) is 52.5 Å². The van der Waals surface area contributed by atoms with E-state index >= 15 is 0 Å². The molecular formula is C32H28F6O5. The van der Waals surface area contributed by atoms with Gasteiger partial charge in [-0.15, -0.1) is 0 Å². The molecule has 4 rings (SSSR count). The quantitative estimate of drug-likeness (QED) is 0.196. The molecule has 4 aromatic rings. The highest BCUT2D eigenvalue weighted by atomic mass is 19.4. The van der Waals surface area contributed by atoms with Crippen molar-refractivity contribution in [3.05, 3.63) is 107 Å². The lowest BCUT2D eigenvalue weighted by Gasteiger charge is -2.13. The minimum atomic E-state index is -4.39. The second kappa shape index (κ2) is 14.1. The van der Waals surface area contributed by atoms with Crippen LogP contribution in [0.2, 0.25) is 0 Å². The molecule has 0 aliphatic rings. The van der Waals surface area contributed by atoms with E-state index in [2.05, 4.69) is 0 Å². The van der Waals surface area contributed by atoms with Crippen LogP contribution in [-0.2, 0) is 19.0 Å². The van der Waals surface area contributed by atoms with E-state index in [4.69, 9.17) is 19.7 Å². The molecule has 0 saturated heterocycles. The van der Waals surface area contributed by atoms with Crippen LogP contribution in [0, 0.1) is 0 Å². The fourth-order valence-corrected chi connectivity index (χ4v) is 4.02. The van der Waals surface area contributed by atoms with E-state index in [-0.39, 0.29) is 12.2 Å². The highest BCUT2D eigenvalue weighted by Crippen LogP contribution is 2.36. The van der Waals surface area contributed by atoms with Gasteiger partial charge < -0.3 is 19.7 Å². The van der Waals surface area contributed by atoms with E-state index in [1.54, 1.807) is 25.1 Å². The van der Waals surface area contributed by atoms with Gasteiger partial charge in [-0.1, -0.05) is 36.4 Å². The Bertz CT molecular complexity index is 1510. The summed E-state index contributed by atoms with van der Waals surface area (Å²) in [6.45, 7) is 4.19. The standard InChI is InChI=1S/C16H13F3O3.C16H15F3O2/c1-2-22-14-9-11(15(20)21)5-8-13(14)10-3-6-12(7-4-10)16(17,18)19;1-2-21-15-9-11(10-20)3-8-14(15)12-4-6-13(7-5-12)16(17,18)19/h3-9H,2H2,1H3,(H,20,21);3-9,20H,2,10H2,1H3. The number of carboxylic acid groups (broad SMARTS) is 1. The number of halogens is 6. The number of carbonyl (C=O) groups is 1. The van der Waals surface area contributed by atoms with Gasteiger partial charge in [0.15, 0.2) is 0 Å². The molecule has 11 heteroatoms. The van der Waals surface area contributed by atoms with Gasteiger partial charge in [0.05, 0.1) is 36.5 Å². The summed E-state index contributed by atoms with van der Waals surface area (Å²) in [5, 5.41) is 18.1. The molecule has 4 aromatic carbocycles. The number of rotatable bonds is 8. The molecular weight excluding hydrogens is 578 g/mol. The first-order valence-electron chi connectivity index (χ1n) is 13.0. The second-order valence-corrected chi connectivity index (χ2v) is 9.02. The fraction of sp³-hybridized carbons (Fsp3) is 0.219. The van der Waals surface area contributed by atoms with E-state index in [1.807, 2.05) is 6.92 Å². The van der Waals surface area contributed by atoms with E-state index in [1.165, 1.54) is 42.5 Å². The summed E-state index contributed by atoms with van der Waals surface area (Å²) in [7, 11) is 0. The molecule has 5 nitrogen and oxygen atoms in total. The molecule has 0 spiro atoms. The molecule has 0 heterocycles. The Kier molecular flexibility index (Phi) is 10.8. The number of alkyl halides is 6. The average Bonchev–Trinajstić information content (AvgIpc) is 2.97. The number of ether oxygens (including phenoxy) is 2. The van der Waals surface area contributed by atoms with Crippen LogP contribution in [0.15, 0.2) is 84.9 Å². The minimum absolute atomic E-state index is 0.0547. The molecule has 0 aliphatic carbocycles. The third-order valence-electron chi connectivity index (χ3n) is 6.10. The summed E-state index contributed by atoms with van der Waals surface area (Å²) in [4.78, 5) is 11.0. The van der Waals surface area contributed by atoms with Gasteiger partial charge in [-0.25, -0.2) is 4.79 Å². The van der Waals surface area contributed by atoms with Crippen molar-refractivity contribution >= 4 is 5.97 Å². The van der Waals surface area contributed by atoms with Gasteiger partial charge in [-0.3, -0.25) is 0 Å². The molecule has 0 radical (unpaired) electrons. The Morgan fingerprint density at radius 3 is 1.44 bits per heavy atom. The van der Waals surface area contributed by atoms with Gasteiger partial charge in [-0.2, -0.15) is 26.3 Å². The number of benzene rings is 4. The molecule has 43 heavy (non-hydrogen) atoms. The lowest BCUT2D eigenvalue weighted by atomic mass is 10.0. The Labute approximate surface area is 243 Å². The zero-order chi connectivity index (χ0) is 31.8. The fourth-order valence-electron chi connectivity index (χ4n) is 4.02. The normalized spacial score (nSPS) is 11.4. The van der Waals surface area contributed by atoms with Crippen LogP contribution < -0.4 is 9.47 Å². The molecule has 0 unspecified atom stereocenters. The van der Waals surface area contributed by atoms with Crippen molar-refractivity contribution in [2.24, 2.45) is 0 Å². The summed E-state index contributed by atoms with van der Waals surface area (Å²) in [5.74, 6) is -0.231. The van der Waals surface area contributed by atoms with Gasteiger partial charge in [0.2, 0.25) is 0 Å². The Hall–Kier alpha value is -4.51. The van der Waals surface area contributed by atoms with Crippen LogP contribution in [0.3, 0.4) is 0 Å². The van der Waals surface area contributed by atoms with Crippen molar-refractivity contribution in [3.8, 4) is 33.8 Å². The Morgan fingerprint density at radius 1 is 0.651 bits per heavy atom. The van der Waals surface area contributed by atoms with Crippen molar-refractivity contribution < 1.29 is 50.8 Å². The SMILES string of the molecule is CCOc1cc(C(=O)O)ccc1-c1ccc(C(F)(F)F)cc1.CCOc1cc(CO)ccc1-c1ccc(C(F)(F)F)cc1. The highest BCUT2D eigenvalue weighted by Gasteiger charge is 2.31. The van der Waals surface area contributed by atoms with Crippen molar-refractivity contribution in [1.82, 2.24) is 0 Å². The van der Waals surface area contributed by atoms with Gasteiger partial charge >= 0.3 is 18.3 Å². The van der Waals surface area contributed by atoms with Gasteiger partial charge in [0.1, 0.15) is 11.5 Å². The van der Waals surface area contributed by atoms with Crippen LogP contribution in [0.25, 0.3) is 22.3 Å². The minimum Gasteiger partial charge on any atom is -0.493 e. The van der Waals surface area contributed by atoms with Crippen LogP contribution >= 0.6 is 0 Å². The number of aliphatic hydroxyl groups excluding tert-OH is 1. The maximum Gasteiger partial charge on any atom is 0.416 e. The van der Waals surface area contributed by atoms with Crippen LogP contribution in [0.4, 0.5) is 26.3 Å². The number of aliphatic hydroxyl groups is 1. The zero-order valence-corrected chi connectivity index (χ0v) is 23.1. The molecule has 0 aromatic heterocycles. The third-order valence-corrected chi connectivity index (χ3v) is 6.10. The molecule has 0 atom stereocenters. The molecule has 0 aliphatic heterocycles. The van der Waals surface area contributed by atoms with Gasteiger partial charge in [0, 0.05) is 11.1 Å². The van der Waals surface area contributed by atoms with Gasteiger partial charge in [-0.05, 0) is 79.1 Å². The van der Waals surface area contributed by atoms with Crippen LogP contribution in [0.5, 0.6) is 11.5 Å². The molecule has 228 valence electrons. The zero-order valence-electron chi connectivity index (χ0n) is 23.1. The lowest BCUT2D eigenvalue weighted by Crippen LogP contribution is -2.04. The number of aromatic carboxylic acids is 1. The number of hydrogen-bond acceptors (Lipinski definition) is 4. The predicted octanol–water partition coefficient (Wildman–Crippen LogP) is 8.73. The molecule has 0 saturated carbocycles. The monoisotopic (exact) mass is 606 g/mol. The van der Waals surface area contributed by atoms with E-state index in [9.17, 15) is 31.1 Å². The molecule has 0 fully saturated rings. The largest absolute Gasteiger partial charge is 0.493 e. The van der Waals surface area contributed by atoms with Crippen molar-refractivity contribution in [3.63, 3.8) is 0 Å². The maximum atomic E-state index is 12.6. The molecule has 0 bridgehead atoms. The van der Waals surface area contributed by atoms with Gasteiger partial charge in [0.25, 0.3) is 0 Å². The highest BCUT2D eigenvalue weighted by molar-refractivity contribution is 5.89. The number of hydrogen-bond donors (Lipinski definition) is 2. The average molecular weight is 607 g/mol. The maximum absolute atomic E-state index is 12.6. The second-order valence-electron chi connectivity index (χ2n) is 9.02. The molecule has 0 amide bonds. The van der Waals surface area contributed by atoms with Crippen molar-refractivity contribution in [1.29, 1.82) is 0 Å². The Balaban J connectivity index is 0.000000236. The van der Waals surface area contributed by atoms with E-state index < -0.39 is 29.4 Å². The lowest BCUT2D eigenvalue weighted by molar-refractivity contribution is -0.138. The summed E-state index contributed by atoms with van der Waals surface area (Å²) < 4.78 is 86.3. The van der Waals surface area contributed by atoms with Crippen LogP contribution in [0.1, 0.15) is 40.9 Å². The van der Waals surface area contributed by atoms with Crippen molar-refractivity contribution in [2.45, 2.75) is 32.8 Å². The Morgan fingerprint density at radius 2 is 1.07 bits per heavy atom. The first-order chi connectivity index (χ1) is 20.3. The first kappa shape index (κ1) is 33.0. The predicted molar refractivity (Wildman–Crippen MR) is 149 cm³/mol. The summed E-state index contributed by atoms with van der Waals surface area (Å²) in [6.07, 6.45) is -8.74. The first-order valence-corrected chi connectivity index (χ1v) is 13.0. The number of carboxylic acids is 1. The smallest absolute Gasteiger partial charge is 0.416 e. The summed E-state index contributed by atoms with van der Waals surface area (Å²) >= 11 is 0. The summed E-state index contributed by atoms with van der Waals surface area (Å²) in [6, 6.07) is 19.0. The van der Waals surface area contributed by atoms with E-state index in [0.717, 1.165) is 24.3 Å². The molecule has 2 N–H and O–H groups in total. The van der Waals surface area contributed by atoms with Crippen molar-refractivity contribution in [2.75, 3.05) is 13.2 Å². The summed E-state index contributed by atoms with van der Waals surface area (Å²) in [5.41, 5.74) is 1.72. The van der Waals surface area contributed by atoms with Crippen LogP contribution in [-0.4, -0.2) is 29.4 Å².